The number of furan rings is 1. The molecule has 71 heavy (non-hydrogen) atoms. The molecule has 4 saturated carbocycles. The van der Waals surface area contributed by atoms with Crippen molar-refractivity contribution in [3.63, 3.8) is 0 Å². The summed E-state index contributed by atoms with van der Waals surface area (Å²) in [6.45, 7) is 21.4. The van der Waals surface area contributed by atoms with Gasteiger partial charge in [0.05, 0.1) is 17.1 Å². The average Bonchev–Trinajstić information content (AvgIpc) is 4.01. The van der Waals surface area contributed by atoms with Crippen molar-refractivity contribution in [2.75, 3.05) is 9.80 Å². The molecule has 0 unspecified atom stereocenters. The molecule has 0 N–H and O–H groups in total. The number of benzene rings is 7. The topological polar surface area (TPSA) is 19.6 Å². The number of hydrogen-bond acceptors (Lipinski definition) is 4. The number of nitrogens with zero attached hydrogens (tertiary/aromatic N) is 2. The van der Waals surface area contributed by atoms with Gasteiger partial charge in [0.15, 0.2) is 5.58 Å². The molecule has 5 aliphatic carbocycles. The number of fused-ring (bicyclic) bond motifs is 12. The maximum absolute atomic E-state index is 6.99. The highest BCUT2D eigenvalue weighted by Gasteiger charge is 2.62. The molecule has 5 heteroatoms. The molecule has 2 aliphatic heterocycles. The molecule has 9 aromatic rings. The fraction of sp³-hybridized carbons (Fsp3) is 0.333. The van der Waals surface area contributed by atoms with Gasteiger partial charge >= 0.3 is 0 Å². The summed E-state index contributed by atoms with van der Waals surface area (Å²) in [6, 6.07) is 52.6. The van der Waals surface area contributed by atoms with E-state index in [0.717, 1.165) is 39.5 Å². The smallest absolute Gasteiger partial charge is 0.264 e. The van der Waals surface area contributed by atoms with Gasteiger partial charge in [-0.3, -0.25) is 0 Å². The standard InChI is InChI=1S/C66H63BN2OS/c1-63(2,3)39-25-27-57-47(33-39)60-62(71-57)67-50-34-40(64(4,5)6)24-26-51(50)68(53-22-14-18-45-44-16-11-13-23-56(44)70-61(45)53)54-35-41(65(7,8)9)36-55(59(54)67)69(60)52-21-15-20-49-58(52)46-17-10-12-19-48(46)66(49)42-29-37-28-38(31-42)32-43(66)30-37/h10-27,33-38,42-43H,28-32H2,1-9H3. The first-order valence-electron chi connectivity index (χ1n) is 26.7. The Morgan fingerprint density at radius 3 is 1.89 bits per heavy atom. The molecule has 0 radical (unpaired) electrons. The molecule has 2 aromatic heterocycles. The third-order valence-electron chi connectivity index (χ3n) is 18.7. The second-order valence-corrected chi connectivity index (χ2v) is 26.8. The van der Waals surface area contributed by atoms with Gasteiger partial charge in [-0.15, -0.1) is 11.3 Å². The van der Waals surface area contributed by atoms with Gasteiger partial charge < -0.3 is 14.2 Å². The normalized spacial score (nSPS) is 22.7. The molecule has 0 saturated heterocycles. The van der Waals surface area contributed by atoms with Crippen molar-refractivity contribution >= 4 is 99.9 Å². The van der Waals surface area contributed by atoms with E-state index >= 15 is 0 Å². The molecular weight excluding hydrogens is 880 g/mol. The maximum Gasteiger partial charge on any atom is 0.264 e. The van der Waals surface area contributed by atoms with Gasteiger partial charge in [-0.1, -0.05) is 147 Å². The molecule has 1 spiro atoms. The largest absolute Gasteiger partial charge is 0.454 e. The van der Waals surface area contributed by atoms with Gasteiger partial charge in [0.2, 0.25) is 0 Å². The Hall–Kier alpha value is -6.04. The fourth-order valence-corrected chi connectivity index (χ4v) is 16.9. The van der Waals surface area contributed by atoms with Gasteiger partial charge in [0, 0.05) is 53.7 Å². The minimum absolute atomic E-state index is 0.0109. The van der Waals surface area contributed by atoms with Crippen molar-refractivity contribution in [1.29, 1.82) is 0 Å². The summed E-state index contributed by atoms with van der Waals surface area (Å²) < 4.78 is 9.78. The summed E-state index contributed by atoms with van der Waals surface area (Å²) in [7, 11) is 0. The summed E-state index contributed by atoms with van der Waals surface area (Å²) in [4.78, 5) is 5.41. The van der Waals surface area contributed by atoms with Crippen LogP contribution in [0.3, 0.4) is 0 Å². The van der Waals surface area contributed by atoms with Crippen molar-refractivity contribution in [3.8, 4) is 11.1 Å². The minimum atomic E-state index is -0.147. The van der Waals surface area contributed by atoms with E-state index in [-0.39, 0.29) is 28.4 Å². The summed E-state index contributed by atoms with van der Waals surface area (Å²) in [6.07, 6.45) is 6.94. The third kappa shape index (κ3) is 5.68. The van der Waals surface area contributed by atoms with Gasteiger partial charge in [0.25, 0.3) is 6.71 Å². The number of thiophene rings is 1. The van der Waals surface area contributed by atoms with Gasteiger partial charge in [-0.25, -0.2) is 0 Å². The van der Waals surface area contributed by atoms with Crippen molar-refractivity contribution in [2.24, 2.45) is 23.7 Å². The second-order valence-electron chi connectivity index (χ2n) is 25.8. The lowest BCUT2D eigenvalue weighted by Crippen LogP contribution is -2.60. The first-order chi connectivity index (χ1) is 34.1. The SMILES string of the molecule is CC(C)(C)c1ccc2c(c1)B1c3sc4ccc(C(C)(C)C)cc4c3N(c3cccc4c3-c3ccccc3C43C4CC5CC(C4)CC3C5)c3cc(C(C)(C)C)cc(c31)N2c1cccc2c1oc1ccccc12. The first-order valence-corrected chi connectivity index (χ1v) is 27.5. The second kappa shape index (κ2) is 14.1. The minimum Gasteiger partial charge on any atom is -0.454 e. The molecule has 0 atom stereocenters. The van der Waals surface area contributed by atoms with Gasteiger partial charge in [-0.2, -0.15) is 0 Å². The Bertz CT molecular complexity index is 3740. The molecule has 3 nitrogen and oxygen atoms in total. The Labute approximate surface area is 424 Å². The van der Waals surface area contributed by atoms with Crippen LogP contribution >= 0.6 is 11.3 Å². The average molecular weight is 943 g/mol. The summed E-state index contributed by atoms with van der Waals surface area (Å²) in [5.74, 6) is 3.16. The highest BCUT2D eigenvalue weighted by Crippen LogP contribution is 2.70. The molecular formula is C66H63BN2OS. The lowest BCUT2D eigenvalue weighted by molar-refractivity contribution is -0.0399. The molecule has 0 amide bonds. The Kier molecular flexibility index (Phi) is 8.48. The summed E-state index contributed by atoms with van der Waals surface area (Å²) >= 11 is 2.03. The van der Waals surface area contributed by atoms with Crippen LogP contribution in [0.2, 0.25) is 0 Å². The van der Waals surface area contributed by atoms with Crippen LogP contribution in [0.5, 0.6) is 0 Å². The van der Waals surface area contributed by atoms with E-state index in [1.807, 2.05) is 11.3 Å². The zero-order valence-electron chi connectivity index (χ0n) is 42.8. The Morgan fingerprint density at radius 1 is 0.521 bits per heavy atom. The van der Waals surface area contributed by atoms with Crippen LogP contribution in [-0.2, 0) is 21.7 Å². The molecule has 7 aromatic carbocycles. The van der Waals surface area contributed by atoms with Crippen LogP contribution < -0.4 is 25.5 Å². The predicted octanol–water partition coefficient (Wildman–Crippen LogP) is 16.5. The van der Waals surface area contributed by atoms with Crippen LogP contribution in [0, 0.1) is 23.7 Å². The summed E-state index contributed by atoms with van der Waals surface area (Å²) in [5.41, 5.74) is 22.2. The molecule has 4 fully saturated rings. The quantitative estimate of drug-likeness (QED) is 0.161. The zero-order valence-corrected chi connectivity index (χ0v) is 43.7. The van der Waals surface area contributed by atoms with E-state index in [4.69, 9.17) is 4.42 Å². The van der Waals surface area contributed by atoms with E-state index in [9.17, 15) is 0 Å². The van der Waals surface area contributed by atoms with Crippen LogP contribution in [0.1, 0.15) is 122 Å². The van der Waals surface area contributed by atoms with Gasteiger partial charge in [0.1, 0.15) is 5.58 Å². The molecule has 4 heterocycles. The first kappa shape index (κ1) is 42.6. The number of para-hydroxylation sites is 2. The molecule has 7 aliphatic rings. The van der Waals surface area contributed by atoms with E-state index in [1.54, 1.807) is 11.1 Å². The Morgan fingerprint density at radius 2 is 1.14 bits per heavy atom. The highest BCUT2D eigenvalue weighted by atomic mass is 32.1. The number of rotatable bonds is 2. The predicted molar refractivity (Wildman–Crippen MR) is 302 cm³/mol. The summed E-state index contributed by atoms with van der Waals surface area (Å²) in [5, 5.41) is 3.66. The number of hydrogen-bond donors (Lipinski definition) is 0. The fourth-order valence-electron chi connectivity index (χ4n) is 15.6. The van der Waals surface area contributed by atoms with Crippen molar-refractivity contribution < 1.29 is 4.42 Å². The third-order valence-corrected chi connectivity index (χ3v) is 19.9. The molecule has 16 rings (SSSR count). The monoisotopic (exact) mass is 942 g/mol. The van der Waals surface area contributed by atoms with E-state index in [0.29, 0.717) is 11.8 Å². The van der Waals surface area contributed by atoms with E-state index in [2.05, 4.69) is 206 Å². The van der Waals surface area contributed by atoms with Crippen molar-refractivity contribution in [1.82, 2.24) is 0 Å². The van der Waals surface area contributed by atoms with E-state index in [1.165, 1.54) is 114 Å². The lowest BCUT2D eigenvalue weighted by Gasteiger charge is -2.61. The zero-order chi connectivity index (χ0) is 48.2. The van der Waals surface area contributed by atoms with Gasteiger partial charge in [-0.05, 0) is 165 Å². The lowest BCUT2D eigenvalue weighted by atomic mass is 9.36. The van der Waals surface area contributed by atoms with E-state index < -0.39 is 0 Å². The number of anilines is 6. The Balaban J connectivity index is 1.09. The molecule has 4 bridgehead atoms. The highest BCUT2D eigenvalue weighted by molar-refractivity contribution is 7.33. The van der Waals surface area contributed by atoms with Crippen LogP contribution in [0.4, 0.5) is 34.1 Å². The van der Waals surface area contributed by atoms with Crippen LogP contribution in [0.25, 0.3) is 43.2 Å². The van der Waals surface area contributed by atoms with Crippen molar-refractivity contribution in [3.05, 3.63) is 161 Å². The van der Waals surface area contributed by atoms with Crippen molar-refractivity contribution in [2.45, 2.75) is 116 Å². The molecule has 352 valence electrons. The van der Waals surface area contributed by atoms with Crippen LogP contribution in [0.15, 0.2) is 138 Å². The van der Waals surface area contributed by atoms with Crippen LogP contribution in [-0.4, -0.2) is 6.71 Å². The maximum atomic E-state index is 6.99.